The minimum Gasteiger partial charge on any atom is -0.338 e. The van der Waals surface area contributed by atoms with Crippen molar-refractivity contribution in [3.63, 3.8) is 0 Å². The van der Waals surface area contributed by atoms with Crippen LogP contribution < -0.4 is 5.73 Å². The molecule has 0 aromatic carbocycles. The summed E-state index contributed by atoms with van der Waals surface area (Å²) in [6.45, 7) is 6.13. The molecule has 0 unspecified atom stereocenters. The summed E-state index contributed by atoms with van der Waals surface area (Å²) in [5.41, 5.74) is 6.88. The van der Waals surface area contributed by atoms with E-state index in [2.05, 4.69) is 15.1 Å². The second kappa shape index (κ2) is 4.86. The highest BCUT2D eigenvalue weighted by atomic mass is 16.5. The molecule has 0 aliphatic rings. The SMILES string of the molecule is CC(C)(C)[C@@H](N)c1nc(Cc2ccccn2)no1. The van der Waals surface area contributed by atoms with Crippen LogP contribution in [0.15, 0.2) is 28.9 Å². The van der Waals surface area contributed by atoms with Gasteiger partial charge in [0.05, 0.1) is 12.5 Å². The summed E-state index contributed by atoms with van der Waals surface area (Å²) in [5.74, 6) is 1.09. The Morgan fingerprint density at radius 1 is 1.33 bits per heavy atom. The van der Waals surface area contributed by atoms with Gasteiger partial charge >= 0.3 is 0 Å². The van der Waals surface area contributed by atoms with E-state index in [0.717, 1.165) is 5.69 Å². The monoisotopic (exact) mass is 246 g/mol. The third-order valence-corrected chi connectivity index (χ3v) is 2.75. The van der Waals surface area contributed by atoms with Gasteiger partial charge in [-0.1, -0.05) is 32.0 Å². The summed E-state index contributed by atoms with van der Waals surface area (Å²) in [4.78, 5) is 8.55. The average molecular weight is 246 g/mol. The smallest absolute Gasteiger partial charge is 0.244 e. The maximum Gasteiger partial charge on any atom is 0.244 e. The number of rotatable bonds is 3. The van der Waals surface area contributed by atoms with Gasteiger partial charge in [-0.3, -0.25) is 4.98 Å². The third kappa shape index (κ3) is 2.92. The third-order valence-electron chi connectivity index (χ3n) is 2.75. The first kappa shape index (κ1) is 12.7. The fourth-order valence-corrected chi connectivity index (χ4v) is 1.50. The van der Waals surface area contributed by atoms with Crippen molar-refractivity contribution >= 4 is 0 Å². The van der Waals surface area contributed by atoms with E-state index in [-0.39, 0.29) is 11.5 Å². The summed E-state index contributed by atoms with van der Waals surface area (Å²) < 4.78 is 5.21. The van der Waals surface area contributed by atoms with Crippen LogP contribution in [0.2, 0.25) is 0 Å². The Kier molecular flexibility index (Phi) is 3.43. The quantitative estimate of drug-likeness (QED) is 0.897. The van der Waals surface area contributed by atoms with E-state index in [1.807, 2.05) is 39.0 Å². The van der Waals surface area contributed by atoms with Gasteiger partial charge in [-0.15, -0.1) is 0 Å². The maximum atomic E-state index is 6.07. The zero-order valence-electron chi connectivity index (χ0n) is 10.9. The molecule has 2 N–H and O–H groups in total. The molecular weight excluding hydrogens is 228 g/mol. The first-order chi connectivity index (χ1) is 8.47. The predicted molar refractivity (Wildman–Crippen MR) is 67.7 cm³/mol. The van der Waals surface area contributed by atoms with Crippen LogP contribution in [0.4, 0.5) is 0 Å². The highest BCUT2D eigenvalue weighted by molar-refractivity contribution is 5.09. The lowest BCUT2D eigenvalue weighted by atomic mass is 9.87. The fourth-order valence-electron chi connectivity index (χ4n) is 1.50. The highest BCUT2D eigenvalue weighted by Crippen LogP contribution is 2.29. The van der Waals surface area contributed by atoms with Crippen LogP contribution in [-0.2, 0) is 6.42 Å². The first-order valence-electron chi connectivity index (χ1n) is 5.95. The van der Waals surface area contributed by atoms with Gasteiger partial charge in [0.1, 0.15) is 0 Å². The van der Waals surface area contributed by atoms with E-state index in [0.29, 0.717) is 18.1 Å². The summed E-state index contributed by atoms with van der Waals surface area (Å²) in [5, 5.41) is 3.94. The van der Waals surface area contributed by atoms with Crippen molar-refractivity contribution in [3.8, 4) is 0 Å². The van der Waals surface area contributed by atoms with E-state index in [1.165, 1.54) is 0 Å². The number of nitrogens with two attached hydrogens (primary N) is 1. The van der Waals surface area contributed by atoms with Gasteiger partial charge in [0, 0.05) is 11.9 Å². The van der Waals surface area contributed by atoms with E-state index in [9.17, 15) is 0 Å². The average Bonchev–Trinajstić information content (AvgIpc) is 2.76. The minimum atomic E-state index is -0.262. The van der Waals surface area contributed by atoms with E-state index in [1.54, 1.807) is 6.20 Å². The lowest BCUT2D eigenvalue weighted by Gasteiger charge is -2.23. The number of hydrogen-bond acceptors (Lipinski definition) is 5. The summed E-state index contributed by atoms with van der Waals surface area (Å²) in [6, 6.07) is 5.48. The van der Waals surface area contributed by atoms with Crippen LogP contribution >= 0.6 is 0 Å². The van der Waals surface area contributed by atoms with Gasteiger partial charge in [0.15, 0.2) is 5.82 Å². The molecule has 0 saturated carbocycles. The Morgan fingerprint density at radius 3 is 2.72 bits per heavy atom. The lowest BCUT2D eigenvalue weighted by Crippen LogP contribution is -2.26. The minimum absolute atomic E-state index is 0.102. The van der Waals surface area contributed by atoms with Crippen LogP contribution in [0.5, 0.6) is 0 Å². The molecule has 0 radical (unpaired) electrons. The largest absolute Gasteiger partial charge is 0.338 e. The molecule has 0 spiro atoms. The van der Waals surface area contributed by atoms with Crippen molar-refractivity contribution in [2.75, 3.05) is 0 Å². The molecule has 0 amide bonds. The molecule has 18 heavy (non-hydrogen) atoms. The molecular formula is C13H18N4O. The molecule has 2 heterocycles. The number of nitrogens with zero attached hydrogens (tertiary/aromatic N) is 3. The second-order valence-corrected chi connectivity index (χ2v) is 5.39. The van der Waals surface area contributed by atoms with E-state index >= 15 is 0 Å². The topological polar surface area (TPSA) is 77.8 Å². The van der Waals surface area contributed by atoms with Crippen LogP contribution in [0.1, 0.15) is 44.2 Å². The predicted octanol–water partition coefficient (Wildman–Crippen LogP) is 2.10. The van der Waals surface area contributed by atoms with Gasteiger partial charge < -0.3 is 10.3 Å². The standard InChI is InChI=1S/C13H18N4O/c1-13(2,3)11(14)12-16-10(17-18-12)8-9-6-4-5-7-15-9/h4-7,11H,8,14H2,1-3H3/t11-/m0/s1. The van der Waals surface area contributed by atoms with Crippen molar-refractivity contribution in [1.29, 1.82) is 0 Å². The van der Waals surface area contributed by atoms with Crippen LogP contribution in [0, 0.1) is 5.41 Å². The van der Waals surface area contributed by atoms with Crippen molar-refractivity contribution in [2.24, 2.45) is 11.1 Å². The van der Waals surface area contributed by atoms with Crippen LogP contribution in [0.3, 0.4) is 0 Å². The molecule has 0 saturated heterocycles. The van der Waals surface area contributed by atoms with Crippen molar-refractivity contribution < 1.29 is 4.52 Å². The maximum absolute atomic E-state index is 6.07. The van der Waals surface area contributed by atoms with Gasteiger partial charge in [-0.05, 0) is 17.5 Å². The normalized spacial score (nSPS) is 13.6. The summed E-state index contributed by atoms with van der Waals surface area (Å²) >= 11 is 0. The Labute approximate surface area is 106 Å². The molecule has 96 valence electrons. The fraction of sp³-hybridized carbons (Fsp3) is 0.462. The number of hydrogen-bond donors (Lipinski definition) is 1. The van der Waals surface area contributed by atoms with Crippen molar-refractivity contribution in [2.45, 2.75) is 33.2 Å². The Morgan fingerprint density at radius 2 is 2.11 bits per heavy atom. The summed E-state index contributed by atoms with van der Waals surface area (Å²) in [6.07, 6.45) is 2.30. The molecule has 5 nitrogen and oxygen atoms in total. The Hall–Kier alpha value is -1.75. The van der Waals surface area contributed by atoms with Crippen LogP contribution in [-0.4, -0.2) is 15.1 Å². The lowest BCUT2D eigenvalue weighted by molar-refractivity contribution is 0.252. The molecule has 0 aliphatic carbocycles. The van der Waals surface area contributed by atoms with Crippen LogP contribution in [0.25, 0.3) is 0 Å². The molecule has 5 heteroatoms. The molecule has 2 rings (SSSR count). The summed E-state index contributed by atoms with van der Waals surface area (Å²) in [7, 11) is 0. The Balaban J connectivity index is 2.12. The van der Waals surface area contributed by atoms with Crippen molar-refractivity contribution in [1.82, 2.24) is 15.1 Å². The zero-order valence-corrected chi connectivity index (χ0v) is 10.9. The molecule has 0 aliphatic heterocycles. The second-order valence-electron chi connectivity index (χ2n) is 5.39. The van der Waals surface area contributed by atoms with Gasteiger partial charge in [-0.25, -0.2) is 0 Å². The molecule has 2 aromatic rings. The van der Waals surface area contributed by atoms with Gasteiger partial charge in [-0.2, -0.15) is 4.98 Å². The zero-order chi connectivity index (χ0) is 13.2. The van der Waals surface area contributed by atoms with Gasteiger partial charge in [0.2, 0.25) is 5.89 Å². The van der Waals surface area contributed by atoms with E-state index in [4.69, 9.17) is 10.3 Å². The number of pyridine rings is 1. The number of aromatic nitrogens is 3. The molecule has 2 aromatic heterocycles. The molecule has 0 fully saturated rings. The van der Waals surface area contributed by atoms with Crippen molar-refractivity contribution in [3.05, 3.63) is 41.8 Å². The van der Waals surface area contributed by atoms with E-state index < -0.39 is 0 Å². The first-order valence-corrected chi connectivity index (χ1v) is 5.95. The molecule has 0 bridgehead atoms. The van der Waals surface area contributed by atoms with Gasteiger partial charge in [0.25, 0.3) is 0 Å². The Bertz CT molecular complexity index is 501. The highest BCUT2D eigenvalue weighted by Gasteiger charge is 2.27. The molecule has 1 atom stereocenters.